The Morgan fingerprint density at radius 2 is 1.67 bits per heavy atom. The molecular formula is C21H26N2O. The standard InChI is InChI=1S/C21H26N2O/c1-2-20(17-9-5-3-6-10-17)22-21(24)18-11-13-19(14-12-18)23-15-7-4-8-16-23/h3,5-6,9-14,20H,2,4,7-8,15-16H2,1H3,(H,22,24). The van der Waals surface area contributed by atoms with E-state index in [1.165, 1.54) is 24.9 Å². The molecule has 0 aliphatic carbocycles. The molecule has 0 bridgehead atoms. The summed E-state index contributed by atoms with van der Waals surface area (Å²) in [5.41, 5.74) is 3.10. The number of nitrogens with one attached hydrogen (secondary N) is 1. The van der Waals surface area contributed by atoms with Gasteiger partial charge in [0.25, 0.3) is 5.91 Å². The van der Waals surface area contributed by atoms with Gasteiger partial charge in [0.2, 0.25) is 0 Å². The highest BCUT2D eigenvalue weighted by Crippen LogP contribution is 2.21. The van der Waals surface area contributed by atoms with Crippen LogP contribution >= 0.6 is 0 Å². The first-order valence-corrected chi connectivity index (χ1v) is 8.98. The number of hydrogen-bond donors (Lipinski definition) is 1. The van der Waals surface area contributed by atoms with Gasteiger partial charge in [0.1, 0.15) is 0 Å². The molecule has 1 N–H and O–H groups in total. The van der Waals surface area contributed by atoms with Gasteiger partial charge in [-0.15, -0.1) is 0 Å². The molecule has 24 heavy (non-hydrogen) atoms. The van der Waals surface area contributed by atoms with Crippen molar-refractivity contribution >= 4 is 11.6 Å². The molecule has 1 aliphatic rings. The van der Waals surface area contributed by atoms with E-state index in [0.29, 0.717) is 0 Å². The summed E-state index contributed by atoms with van der Waals surface area (Å²) < 4.78 is 0. The molecule has 0 aromatic heterocycles. The smallest absolute Gasteiger partial charge is 0.251 e. The van der Waals surface area contributed by atoms with Gasteiger partial charge in [-0.1, -0.05) is 37.3 Å². The molecule has 0 spiro atoms. The maximum absolute atomic E-state index is 12.6. The lowest BCUT2D eigenvalue weighted by molar-refractivity contribution is 0.0935. The minimum atomic E-state index is -0.00380. The summed E-state index contributed by atoms with van der Waals surface area (Å²) in [7, 11) is 0. The summed E-state index contributed by atoms with van der Waals surface area (Å²) in [4.78, 5) is 15.0. The van der Waals surface area contributed by atoms with Crippen LogP contribution in [0.4, 0.5) is 5.69 Å². The van der Waals surface area contributed by atoms with Crippen molar-refractivity contribution in [1.82, 2.24) is 5.32 Å². The Kier molecular flexibility index (Phi) is 5.52. The number of rotatable bonds is 5. The van der Waals surface area contributed by atoms with E-state index in [0.717, 1.165) is 30.6 Å². The predicted molar refractivity (Wildman–Crippen MR) is 99.4 cm³/mol. The highest BCUT2D eigenvalue weighted by molar-refractivity contribution is 5.94. The minimum Gasteiger partial charge on any atom is -0.372 e. The van der Waals surface area contributed by atoms with Gasteiger partial charge >= 0.3 is 0 Å². The van der Waals surface area contributed by atoms with Gasteiger partial charge < -0.3 is 10.2 Å². The second-order valence-corrected chi connectivity index (χ2v) is 6.44. The van der Waals surface area contributed by atoms with Crippen LogP contribution in [0, 0.1) is 0 Å². The van der Waals surface area contributed by atoms with Crippen molar-refractivity contribution in [1.29, 1.82) is 0 Å². The molecule has 3 rings (SSSR count). The fraction of sp³-hybridized carbons (Fsp3) is 0.381. The lowest BCUT2D eigenvalue weighted by atomic mass is 10.0. The third-order valence-corrected chi connectivity index (χ3v) is 4.77. The summed E-state index contributed by atoms with van der Waals surface area (Å²) >= 11 is 0. The number of nitrogens with zero attached hydrogens (tertiary/aromatic N) is 1. The van der Waals surface area contributed by atoms with Gasteiger partial charge in [0.05, 0.1) is 6.04 Å². The minimum absolute atomic E-state index is 0.00380. The number of hydrogen-bond acceptors (Lipinski definition) is 2. The largest absolute Gasteiger partial charge is 0.372 e. The topological polar surface area (TPSA) is 32.3 Å². The summed E-state index contributed by atoms with van der Waals surface area (Å²) in [6.45, 7) is 4.34. The molecule has 1 atom stereocenters. The number of carbonyl (C=O) groups excluding carboxylic acids is 1. The first-order valence-electron chi connectivity index (χ1n) is 8.98. The highest BCUT2D eigenvalue weighted by Gasteiger charge is 2.15. The lowest BCUT2D eigenvalue weighted by Crippen LogP contribution is -2.30. The highest BCUT2D eigenvalue weighted by atomic mass is 16.1. The Balaban J connectivity index is 1.66. The fourth-order valence-corrected chi connectivity index (χ4v) is 3.32. The van der Waals surface area contributed by atoms with E-state index in [1.807, 2.05) is 30.3 Å². The zero-order chi connectivity index (χ0) is 16.8. The molecule has 1 heterocycles. The van der Waals surface area contributed by atoms with Crippen LogP contribution in [-0.2, 0) is 0 Å². The number of amides is 1. The SMILES string of the molecule is CCC(NC(=O)c1ccc(N2CCCCC2)cc1)c1ccccc1. The quantitative estimate of drug-likeness (QED) is 0.875. The first kappa shape index (κ1) is 16.6. The first-order chi connectivity index (χ1) is 11.8. The van der Waals surface area contributed by atoms with E-state index >= 15 is 0 Å². The average molecular weight is 322 g/mol. The predicted octanol–water partition coefficient (Wildman–Crippen LogP) is 4.56. The molecule has 1 saturated heterocycles. The van der Waals surface area contributed by atoms with Gasteiger partial charge in [-0.05, 0) is 55.5 Å². The van der Waals surface area contributed by atoms with E-state index < -0.39 is 0 Å². The van der Waals surface area contributed by atoms with Crippen molar-refractivity contribution in [3.8, 4) is 0 Å². The Bertz CT molecular complexity index is 645. The maximum atomic E-state index is 12.6. The Morgan fingerprint density at radius 1 is 1.00 bits per heavy atom. The Morgan fingerprint density at radius 3 is 2.29 bits per heavy atom. The zero-order valence-electron chi connectivity index (χ0n) is 14.4. The van der Waals surface area contributed by atoms with Gasteiger partial charge in [-0.2, -0.15) is 0 Å². The summed E-state index contributed by atoms with van der Waals surface area (Å²) in [6, 6.07) is 18.2. The molecule has 1 fully saturated rings. The third-order valence-electron chi connectivity index (χ3n) is 4.77. The average Bonchev–Trinajstić information content (AvgIpc) is 2.67. The second-order valence-electron chi connectivity index (χ2n) is 6.44. The summed E-state index contributed by atoms with van der Waals surface area (Å²) in [6.07, 6.45) is 4.73. The van der Waals surface area contributed by atoms with Crippen LogP contribution in [0.15, 0.2) is 54.6 Å². The van der Waals surface area contributed by atoms with Crippen molar-refractivity contribution in [2.24, 2.45) is 0 Å². The number of anilines is 1. The summed E-state index contributed by atoms with van der Waals surface area (Å²) in [5, 5.41) is 3.15. The van der Waals surface area contributed by atoms with Crippen LogP contribution < -0.4 is 10.2 Å². The molecule has 1 amide bonds. The second kappa shape index (κ2) is 8.00. The van der Waals surface area contributed by atoms with Crippen molar-refractivity contribution in [2.45, 2.75) is 38.6 Å². The number of carbonyl (C=O) groups is 1. The monoisotopic (exact) mass is 322 g/mol. The molecule has 2 aromatic rings. The van der Waals surface area contributed by atoms with Gasteiger partial charge in [0, 0.05) is 24.3 Å². The molecule has 3 nitrogen and oxygen atoms in total. The molecule has 0 radical (unpaired) electrons. The molecule has 2 aromatic carbocycles. The van der Waals surface area contributed by atoms with Crippen LogP contribution in [0.3, 0.4) is 0 Å². The van der Waals surface area contributed by atoms with Gasteiger partial charge in [-0.25, -0.2) is 0 Å². The molecule has 3 heteroatoms. The van der Waals surface area contributed by atoms with Crippen LogP contribution in [-0.4, -0.2) is 19.0 Å². The Labute approximate surface area is 144 Å². The molecule has 1 unspecified atom stereocenters. The van der Waals surface area contributed by atoms with Crippen molar-refractivity contribution in [2.75, 3.05) is 18.0 Å². The van der Waals surface area contributed by atoms with E-state index in [-0.39, 0.29) is 11.9 Å². The van der Waals surface area contributed by atoms with Gasteiger partial charge in [0.15, 0.2) is 0 Å². The fourth-order valence-electron chi connectivity index (χ4n) is 3.32. The molecule has 1 aliphatic heterocycles. The van der Waals surface area contributed by atoms with E-state index in [9.17, 15) is 4.79 Å². The molecule has 0 saturated carbocycles. The van der Waals surface area contributed by atoms with Crippen molar-refractivity contribution < 1.29 is 4.79 Å². The maximum Gasteiger partial charge on any atom is 0.251 e. The van der Waals surface area contributed by atoms with E-state index in [4.69, 9.17) is 0 Å². The Hall–Kier alpha value is -2.29. The summed E-state index contributed by atoms with van der Waals surface area (Å²) in [5.74, 6) is -0.00380. The van der Waals surface area contributed by atoms with Crippen LogP contribution in [0.2, 0.25) is 0 Å². The zero-order valence-corrected chi connectivity index (χ0v) is 14.4. The van der Waals surface area contributed by atoms with E-state index in [1.54, 1.807) is 0 Å². The van der Waals surface area contributed by atoms with Crippen LogP contribution in [0.1, 0.15) is 54.6 Å². The lowest BCUT2D eigenvalue weighted by Gasteiger charge is -2.28. The number of piperidine rings is 1. The van der Waals surface area contributed by atoms with Crippen LogP contribution in [0.5, 0.6) is 0 Å². The third kappa shape index (κ3) is 3.97. The molecule has 126 valence electrons. The van der Waals surface area contributed by atoms with Gasteiger partial charge in [-0.3, -0.25) is 4.79 Å². The van der Waals surface area contributed by atoms with Crippen molar-refractivity contribution in [3.05, 3.63) is 65.7 Å². The van der Waals surface area contributed by atoms with E-state index in [2.05, 4.69) is 41.4 Å². The normalized spacial score (nSPS) is 15.8. The molecular weight excluding hydrogens is 296 g/mol. The van der Waals surface area contributed by atoms with Crippen molar-refractivity contribution in [3.63, 3.8) is 0 Å². The van der Waals surface area contributed by atoms with Crippen LogP contribution in [0.25, 0.3) is 0 Å². The number of benzene rings is 2.